The van der Waals surface area contributed by atoms with Gasteiger partial charge in [0, 0.05) is 0 Å². The van der Waals surface area contributed by atoms with Gasteiger partial charge in [-0.25, -0.2) is 13.2 Å². The van der Waals surface area contributed by atoms with E-state index in [0.29, 0.717) is 0 Å². The summed E-state index contributed by atoms with van der Waals surface area (Å²) in [5.74, 6) is -0.968. The van der Waals surface area contributed by atoms with E-state index < -0.39 is 33.4 Å². The van der Waals surface area contributed by atoms with Gasteiger partial charge in [-0.05, 0) is 20.8 Å². The van der Waals surface area contributed by atoms with Crippen molar-refractivity contribution < 1.29 is 32.2 Å². The van der Waals surface area contributed by atoms with Crippen molar-refractivity contribution in [3.05, 3.63) is 11.5 Å². The lowest BCUT2D eigenvalue weighted by Crippen LogP contribution is -2.30. The van der Waals surface area contributed by atoms with Crippen LogP contribution in [0.3, 0.4) is 0 Å². The first-order valence-electron chi connectivity index (χ1n) is 5.02. The quantitative estimate of drug-likeness (QED) is 0.737. The molecule has 0 rings (SSSR count). The van der Waals surface area contributed by atoms with Crippen molar-refractivity contribution in [3.8, 4) is 0 Å². The van der Waals surface area contributed by atoms with E-state index in [1.54, 1.807) is 0 Å². The number of nitrogens with two attached hydrogens (primary N) is 1. The minimum Gasteiger partial charge on any atom is -0.480 e. The van der Waals surface area contributed by atoms with Crippen LogP contribution >= 0.6 is 0 Å². The molecule has 0 atom stereocenters. The predicted octanol–water partition coefficient (Wildman–Crippen LogP) is 0.849. The van der Waals surface area contributed by atoms with Gasteiger partial charge < -0.3 is 15.6 Å². The molecule has 0 spiro atoms. The number of ether oxygens (including phenoxy) is 1. The Labute approximate surface area is 111 Å². The summed E-state index contributed by atoms with van der Waals surface area (Å²) in [5, 5.41) is 7.60. The number of carboxylic acids is 1. The monoisotopic (exact) mass is 299 g/mol. The largest absolute Gasteiger partial charge is 0.495 e. The summed E-state index contributed by atoms with van der Waals surface area (Å²) < 4.78 is 37.6. The summed E-state index contributed by atoms with van der Waals surface area (Å²) >= 11 is 0. The van der Waals surface area contributed by atoms with E-state index >= 15 is 0 Å². The van der Waals surface area contributed by atoms with Crippen molar-refractivity contribution in [2.24, 2.45) is 5.73 Å². The molecule has 0 amide bonds. The topological polar surface area (TPSA) is 124 Å². The average Bonchev–Trinajstić information content (AvgIpc) is 2.24. The fraction of sp³-hybridized carbons (Fsp3) is 0.600. The fourth-order valence-corrected chi connectivity index (χ4v) is 1.73. The van der Waals surface area contributed by atoms with E-state index in [4.69, 9.17) is 5.11 Å². The average molecular weight is 299 g/mol. The summed E-state index contributed by atoms with van der Waals surface area (Å²) in [6, 6.07) is 0. The van der Waals surface area contributed by atoms with Gasteiger partial charge in [-0.15, -0.1) is 4.39 Å². The lowest BCUT2D eigenvalue weighted by Gasteiger charge is -2.20. The van der Waals surface area contributed by atoms with E-state index in [-0.39, 0.29) is 11.4 Å². The lowest BCUT2D eigenvalue weighted by molar-refractivity contribution is -0.135. The molecule has 19 heavy (non-hydrogen) atoms. The second-order valence-corrected chi connectivity index (χ2v) is 7.09. The Hall–Kier alpha value is -1.48. The standard InChI is InChI=1S/C8H13FO4S.C2H5NO2/c1-6(5-13-7(9)10)14(11,12)8(2,3)4;3-1-2(4)5/h1,5H2,2-4H3;1,3H2,(H,4,5). The summed E-state index contributed by atoms with van der Waals surface area (Å²) in [5.41, 5.74) is 4.57. The van der Waals surface area contributed by atoms with Gasteiger partial charge in [0.2, 0.25) is 0 Å². The number of sulfone groups is 1. The molecule has 0 aromatic heterocycles. The number of carbonyl (C=O) groups is 2. The zero-order valence-corrected chi connectivity index (χ0v) is 11.8. The van der Waals surface area contributed by atoms with Gasteiger partial charge >= 0.3 is 12.2 Å². The van der Waals surface area contributed by atoms with Gasteiger partial charge in [-0.1, -0.05) is 6.58 Å². The molecule has 0 bridgehead atoms. The van der Waals surface area contributed by atoms with E-state index in [1.807, 2.05) is 0 Å². The van der Waals surface area contributed by atoms with E-state index in [0.717, 1.165) is 0 Å². The van der Waals surface area contributed by atoms with Gasteiger partial charge in [0.05, 0.1) is 16.2 Å². The third-order valence-corrected chi connectivity index (χ3v) is 4.20. The number of carbonyl (C=O) groups excluding carboxylic acids is 1. The Bertz CT molecular complexity index is 437. The number of rotatable bonds is 4. The van der Waals surface area contributed by atoms with Crippen LogP contribution in [0, 0.1) is 0 Å². The zero-order valence-electron chi connectivity index (χ0n) is 11.0. The minimum absolute atomic E-state index is 0.278. The van der Waals surface area contributed by atoms with Crippen LogP contribution in [-0.2, 0) is 19.4 Å². The third-order valence-electron chi connectivity index (χ3n) is 1.71. The Balaban J connectivity index is 0. The highest BCUT2D eigenvalue weighted by molar-refractivity contribution is 7.96. The molecule has 0 aliphatic carbocycles. The van der Waals surface area contributed by atoms with Crippen molar-refractivity contribution in [3.63, 3.8) is 0 Å². The maximum absolute atomic E-state index is 11.6. The van der Waals surface area contributed by atoms with Crippen molar-refractivity contribution in [1.29, 1.82) is 0 Å². The van der Waals surface area contributed by atoms with Crippen LogP contribution in [0.15, 0.2) is 11.5 Å². The molecule has 0 unspecified atom stereocenters. The first kappa shape index (κ1) is 19.9. The Morgan fingerprint density at radius 3 is 1.95 bits per heavy atom. The highest BCUT2D eigenvalue weighted by Crippen LogP contribution is 2.22. The number of carboxylic acid groups (broad SMARTS) is 1. The fourth-order valence-electron chi connectivity index (χ4n) is 0.648. The van der Waals surface area contributed by atoms with Crippen molar-refractivity contribution in [1.82, 2.24) is 0 Å². The highest BCUT2D eigenvalue weighted by Gasteiger charge is 2.32. The van der Waals surface area contributed by atoms with E-state index in [9.17, 15) is 22.4 Å². The SMILES string of the molecule is C=C(COC(=O)F)S(=O)(=O)C(C)(C)C.NCC(=O)O. The molecular weight excluding hydrogens is 281 g/mol. The molecule has 0 radical (unpaired) electrons. The molecule has 0 aliphatic heterocycles. The van der Waals surface area contributed by atoms with Crippen LogP contribution in [0.2, 0.25) is 0 Å². The van der Waals surface area contributed by atoms with Crippen LogP contribution in [0.1, 0.15) is 20.8 Å². The van der Waals surface area contributed by atoms with Gasteiger partial charge in [0.25, 0.3) is 0 Å². The van der Waals surface area contributed by atoms with Crippen molar-refractivity contribution in [2.75, 3.05) is 13.2 Å². The van der Waals surface area contributed by atoms with Crippen LogP contribution < -0.4 is 5.73 Å². The van der Waals surface area contributed by atoms with Gasteiger partial charge in [0.15, 0.2) is 9.84 Å². The van der Waals surface area contributed by atoms with Gasteiger partial charge in [-0.2, -0.15) is 0 Å². The molecule has 9 heteroatoms. The maximum Gasteiger partial charge on any atom is 0.495 e. The first-order chi connectivity index (χ1) is 8.36. The highest BCUT2D eigenvalue weighted by atomic mass is 32.2. The van der Waals surface area contributed by atoms with E-state index in [1.165, 1.54) is 20.8 Å². The molecule has 0 aromatic rings. The Morgan fingerprint density at radius 2 is 1.74 bits per heavy atom. The minimum atomic E-state index is -3.61. The molecule has 0 saturated carbocycles. The normalized spacial score (nSPS) is 11.0. The molecule has 3 N–H and O–H groups in total. The van der Waals surface area contributed by atoms with Crippen LogP contribution in [-0.4, -0.2) is 43.6 Å². The molecule has 0 saturated heterocycles. The van der Waals surface area contributed by atoms with E-state index in [2.05, 4.69) is 17.0 Å². The molecule has 0 aromatic carbocycles. The van der Waals surface area contributed by atoms with Crippen LogP contribution in [0.5, 0.6) is 0 Å². The second kappa shape index (κ2) is 7.85. The smallest absolute Gasteiger partial charge is 0.480 e. The molecule has 112 valence electrons. The zero-order chi connectivity index (χ0) is 15.9. The molecular formula is C10H18FNO6S. The number of hydrogen-bond acceptors (Lipinski definition) is 6. The number of aliphatic carboxylic acids is 1. The van der Waals surface area contributed by atoms with Gasteiger partial charge in [0.1, 0.15) is 6.61 Å². The summed E-state index contributed by atoms with van der Waals surface area (Å²) in [7, 11) is -3.61. The molecule has 0 heterocycles. The molecule has 0 aliphatic rings. The molecule has 7 nitrogen and oxygen atoms in total. The Kier molecular flexibility index (Phi) is 8.20. The van der Waals surface area contributed by atoms with Crippen molar-refractivity contribution >= 4 is 22.0 Å². The van der Waals surface area contributed by atoms with Gasteiger partial charge in [-0.3, -0.25) is 4.79 Å². The van der Waals surface area contributed by atoms with Crippen LogP contribution in [0.4, 0.5) is 9.18 Å². The number of halogens is 1. The summed E-state index contributed by atoms with van der Waals surface area (Å²) in [4.78, 5) is 18.7. The second-order valence-electron chi connectivity index (χ2n) is 4.28. The summed E-state index contributed by atoms with van der Waals surface area (Å²) in [6.45, 7) is 6.74. The molecule has 0 fully saturated rings. The first-order valence-corrected chi connectivity index (χ1v) is 6.51. The Morgan fingerprint density at radius 1 is 1.37 bits per heavy atom. The van der Waals surface area contributed by atoms with Crippen molar-refractivity contribution in [2.45, 2.75) is 25.5 Å². The van der Waals surface area contributed by atoms with Crippen LogP contribution in [0.25, 0.3) is 0 Å². The lowest BCUT2D eigenvalue weighted by atomic mass is 10.3. The summed E-state index contributed by atoms with van der Waals surface area (Å²) in [6.07, 6.45) is -2.02. The third kappa shape index (κ3) is 8.27. The maximum atomic E-state index is 11.6. The predicted molar refractivity (Wildman–Crippen MR) is 67.0 cm³/mol. The number of hydrogen-bond donors (Lipinski definition) is 2.